The average Bonchev–Trinajstić information content (AvgIpc) is 3.57. The molecule has 0 unspecified atom stereocenters. The molecule has 3 N–H and O–H groups in total. The number of benzene rings is 2. The summed E-state index contributed by atoms with van der Waals surface area (Å²) in [7, 11) is 3.80. The summed E-state index contributed by atoms with van der Waals surface area (Å²) in [6, 6.07) is 11.1. The number of nitrogens with zero attached hydrogens (tertiary/aromatic N) is 7. The molecule has 7 rings (SSSR count). The third-order valence-corrected chi connectivity index (χ3v) is 8.00. The normalized spacial score (nSPS) is 16.0. The van der Waals surface area contributed by atoms with E-state index < -0.39 is 0 Å². The number of amides is 1. The molecule has 0 atom stereocenters. The van der Waals surface area contributed by atoms with E-state index >= 15 is 0 Å². The lowest BCUT2D eigenvalue weighted by atomic mass is 10.0. The Morgan fingerprint density at radius 1 is 0.951 bits per heavy atom. The first-order valence-corrected chi connectivity index (χ1v) is 14.2. The molecule has 210 valence electrons. The highest BCUT2D eigenvalue weighted by Crippen LogP contribution is 2.32. The predicted octanol–water partition coefficient (Wildman–Crippen LogP) is 3.84. The summed E-state index contributed by atoms with van der Waals surface area (Å²) in [5.74, 6) is 0.532. The van der Waals surface area contributed by atoms with E-state index in [1.54, 1.807) is 15.6 Å². The fourth-order valence-corrected chi connectivity index (χ4v) is 5.85. The van der Waals surface area contributed by atoms with E-state index in [1.165, 1.54) is 19.2 Å². The van der Waals surface area contributed by atoms with Gasteiger partial charge in [0.1, 0.15) is 17.7 Å². The van der Waals surface area contributed by atoms with Gasteiger partial charge in [-0.05, 0) is 56.0 Å². The SMILES string of the molecule is Cn1cc2cc(NC(=O)c3ccc(N4CCC(NC5CC5)CC4)c4cn(C)nc34)cc(CNc3ccncn3)c2n1. The Labute approximate surface area is 238 Å². The molecule has 2 aliphatic rings. The molecule has 1 amide bonds. The van der Waals surface area contributed by atoms with Gasteiger partial charge in [-0.1, -0.05) is 0 Å². The standard InChI is InChI=1S/C30H34N10O/c1-38-16-20-14-23(13-19(28(20)36-38)15-32-27-7-10-31-18-33-27)35-30(41)24-5-6-26(25-17-39(2)37-29(24)25)40-11-8-22(9-12-40)34-21-3-4-21/h5-7,10,13-14,16-18,21-22,34H,3-4,8-9,11-12,15H2,1-2H3,(H,35,41)(H,31,32,33). The van der Waals surface area contributed by atoms with E-state index in [4.69, 9.17) is 5.10 Å². The summed E-state index contributed by atoms with van der Waals surface area (Å²) >= 11 is 0. The zero-order valence-corrected chi connectivity index (χ0v) is 23.3. The highest BCUT2D eigenvalue weighted by Gasteiger charge is 2.28. The summed E-state index contributed by atoms with van der Waals surface area (Å²) in [6.07, 6.45) is 12.1. The zero-order valence-electron chi connectivity index (χ0n) is 23.3. The minimum absolute atomic E-state index is 0.189. The predicted molar refractivity (Wildman–Crippen MR) is 160 cm³/mol. The number of hydrogen-bond donors (Lipinski definition) is 3. The Hall–Kier alpha value is -4.51. The molecule has 41 heavy (non-hydrogen) atoms. The number of carbonyl (C=O) groups is 1. The number of fused-ring (bicyclic) bond motifs is 2. The van der Waals surface area contributed by atoms with Gasteiger partial charge in [-0.2, -0.15) is 10.2 Å². The maximum absolute atomic E-state index is 13.7. The van der Waals surface area contributed by atoms with Crippen LogP contribution < -0.4 is 20.9 Å². The monoisotopic (exact) mass is 550 g/mol. The van der Waals surface area contributed by atoms with Crippen LogP contribution in [0.4, 0.5) is 17.2 Å². The van der Waals surface area contributed by atoms with E-state index in [0.29, 0.717) is 29.4 Å². The molecule has 0 bridgehead atoms. The molecule has 1 aliphatic carbocycles. The molecule has 0 radical (unpaired) electrons. The average molecular weight is 551 g/mol. The van der Waals surface area contributed by atoms with Gasteiger partial charge < -0.3 is 20.9 Å². The lowest BCUT2D eigenvalue weighted by molar-refractivity contribution is 0.102. The number of anilines is 3. The van der Waals surface area contributed by atoms with E-state index in [9.17, 15) is 4.79 Å². The van der Waals surface area contributed by atoms with Gasteiger partial charge in [0, 0.05) is 92.1 Å². The molecule has 3 aromatic heterocycles. The Balaban J connectivity index is 1.13. The van der Waals surface area contributed by atoms with Crippen molar-refractivity contribution in [3.05, 3.63) is 66.4 Å². The molecule has 5 aromatic rings. The first kappa shape index (κ1) is 25.5. The summed E-state index contributed by atoms with van der Waals surface area (Å²) in [5.41, 5.74) is 4.95. The van der Waals surface area contributed by atoms with E-state index in [0.717, 1.165) is 65.3 Å². The van der Waals surface area contributed by atoms with Crippen LogP contribution in [0.3, 0.4) is 0 Å². The second kappa shape index (κ2) is 10.5. The number of aromatic nitrogens is 6. The van der Waals surface area contributed by atoms with Gasteiger partial charge >= 0.3 is 0 Å². The summed E-state index contributed by atoms with van der Waals surface area (Å²) < 4.78 is 3.58. The minimum atomic E-state index is -0.189. The van der Waals surface area contributed by atoms with E-state index in [-0.39, 0.29) is 5.91 Å². The van der Waals surface area contributed by atoms with Gasteiger partial charge in [0.25, 0.3) is 5.91 Å². The van der Waals surface area contributed by atoms with Crippen molar-refractivity contribution in [3.8, 4) is 0 Å². The number of hydrogen-bond acceptors (Lipinski definition) is 8. The first-order chi connectivity index (χ1) is 20.0. The van der Waals surface area contributed by atoms with Gasteiger partial charge in [-0.15, -0.1) is 0 Å². The van der Waals surface area contributed by atoms with Crippen molar-refractivity contribution in [2.45, 2.75) is 44.3 Å². The number of carbonyl (C=O) groups excluding carboxylic acids is 1. The second-order valence-corrected chi connectivity index (χ2v) is 11.2. The van der Waals surface area contributed by atoms with Crippen molar-refractivity contribution in [2.24, 2.45) is 14.1 Å². The van der Waals surface area contributed by atoms with Gasteiger partial charge in [-0.3, -0.25) is 14.2 Å². The van der Waals surface area contributed by atoms with Crippen LogP contribution in [0, 0.1) is 0 Å². The van der Waals surface area contributed by atoms with Crippen LogP contribution in [0.1, 0.15) is 41.6 Å². The van der Waals surface area contributed by atoms with Crippen LogP contribution in [0.2, 0.25) is 0 Å². The smallest absolute Gasteiger partial charge is 0.257 e. The summed E-state index contributed by atoms with van der Waals surface area (Å²) in [4.78, 5) is 24.3. The number of nitrogens with one attached hydrogen (secondary N) is 3. The Morgan fingerprint density at radius 2 is 1.73 bits per heavy atom. The second-order valence-electron chi connectivity index (χ2n) is 11.2. The molecule has 11 nitrogen and oxygen atoms in total. The molecule has 2 fully saturated rings. The molecule has 2 aromatic carbocycles. The fourth-order valence-electron chi connectivity index (χ4n) is 5.85. The number of aryl methyl sites for hydroxylation is 2. The number of piperidine rings is 1. The minimum Gasteiger partial charge on any atom is -0.371 e. The van der Waals surface area contributed by atoms with Crippen molar-refractivity contribution in [3.63, 3.8) is 0 Å². The van der Waals surface area contributed by atoms with Gasteiger partial charge in [0.05, 0.1) is 11.1 Å². The fraction of sp³-hybridized carbons (Fsp3) is 0.367. The van der Waals surface area contributed by atoms with Crippen molar-refractivity contribution in [1.82, 2.24) is 34.8 Å². The maximum Gasteiger partial charge on any atom is 0.257 e. The van der Waals surface area contributed by atoms with Gasteiger partial charge in [0.2, 0.25) is 0 Å². The molecule has 1 aliphatic heterocycles. The maximum atomic E-state index is 13.7. The Morgan fingerprint density at radius 3 is 2.51 bits per heavy atom. The Kier molecular flexibility index (Phi) is 6.50. The van der Waals surface area contributed by atoms with E-state index in [2.05, 4.69) is 42.0 Å². The van der Waals surface area contributed by atoms with Crippen molar-refractivity contribution in [1.29, 1.82) is 0 Å². The molecule has 0 spiro atoms. The van der Waals surface area contributed by atoms with Crippen molar-refractivity contribution < 1.29 is 4.79 Å². The van der Waals surface area contributed by atoms with Gasteiger partial charge in [0.15, 0.2) is 0 Å². The Bertz CT molecular complexity index is 1710. The number of rotatable bonds is 8. The first-order valence-electron chi connectivity index (χ1n) is 14.2. The molecular formula is C30H34N10O. The van der Waals surface area contributed by atoms with Crippen LogP contribution in [0.5, 0.6) is 0 Å². The van der Waals surface area contributed by atoms with Crippen LogP contribution >= 0.6 is 0 Å². The lowest BCUT2D eigenvalue weighted by Gasteiger charge is -2.34. The highest BCUT2D eigenvalue weighted by molar-refractivity contribution is 6.14. The van der Waals surface area contributed by atoms with Crippen LogP contribution in [-0.2, 0) is 20.6 Å². The third kappa shape index (κ3) is 5.32. The topological polar surface area (TPSA) is 118 Å². The molecule has 1 saturated heterocycles. The quantitative estimate of drug-likeness (QED) is 0.267. The van der Waals surface area contributed by atoms with Gasteiger partial charge in [-0.25, -0.2) is 9.97 Å². The highest BCUT2D eigenvalue weighted by atomic mass is 16.1. The largest absolute Gasteiger partial charge is 0.371 e. The van der Waals surface area contributed by atoms with Crippen molar-refractivity contribution in [2.75, 3.05) is 28.6 Å². The summed E-state index contributed by atoms with van der Waals surface area (Å²) in [5, 5.41) is 21.5. The lowest BCUT2D eigenvalue weighted by Crippen LogP contribution is -2.43. The molecule has 11 heteroatoms. The molecule has 1 saturated carbocycles. The van der Waals surface area contributed by atoms with Crippen LogP contribution in [0.15, 0.2) is 55.2 Å². The third-order valence-electron chi connectivity index (χ3n) is 8.00. The van der Waals surface area contributed by atoms with Crippen LogP contribution in [-0.4, -0.2) is 60.6 Å². The zero-order chi connectivity index (χ0) is 27.9. The summed E-state index contributed by atoms with van der Waals surface area (Å²) in [6.45, 7) is 2.49. The van der Waals surface area contributed by atoms with E-state index in [1.807, 2.05) is 50.8 Å². The van der Waals surface area contributed by atoms with Crippen molar-refractivity contribution >= 4 is 44.9 Å². The van der Waals surface area contributed by atoms with Crippen LogP contribution in [0.25, 0.3) is 21.8 Å². The molecular weight excluding hydrogens is 516 g/mol. The molecule has 4 heterocycles.